The molecule has 0 unspecified atom stereocenters. The molecule has 158 valence electrons. The van der Waals surface area contributed by atoms with Crippen molar-refractivity contribution in [1.29, 1.82) is 0 Å². The van der Waals surface area contributed by atoms with Crippen LogP contribution in [0.2, 0.25) is 0 Å². The average molecular weight is 409 g/mol. The molecule has 1 aliphatic rings. The zero-order valence-electron chi connectivity index (χ0n) is 17.5. The van der Waals surface area contributed by atoms with Crippen LogP contribution >= 0.6 is 0 Å². The fourth-order valence-electron chi connectivity index (χ4n) is 4.38. The molecule has 0 saturated heterocycles. The highest BCUT2D eigenvalue weighted by Crippen LogP contribution is 2.33. The first-order valence-electron chi connectivity index (χ1n) is 10.1. The maximum absolute atomic E-state index is 12.4. The number of primary amides is 1. The highest BCUT2D eigenvalue weighted by molar-refractivity contribution is 6.00. The largest absolute Gasteiger partial charge is 0.496 e. The van der Waals surface area contributed by atoms with Gasteiger partial charge in [-0.15, -0.1) is 0 Å². The number of aromatic nitrogens is 3. The van der Waals surface area contributed by atoms with Crippen LogP contribution in [0.5, 0.6) is 5.75 Å². The molecule has 2 aromatic heterocycles. The Labute approximate surface area is 174 Å². The molecule has 2 heterocycles. The number of amides is 1. The topological polar surface area (TPSA) is 95.4 Å². The smallest absolute Gasteiger partial charge is 0.273 e. The number of hydrogen-bond acceptors (Lipinski definition) is 5. The highest BCUT2D eigenvalue weighted by atomic mass is 16.5. The zero-order valence-corrected chi connectivity index (χ0v) is 17.5. The van der Waals surface area contributed by atoms with E-state index in [1.54, 1.807) is 29.9 Å². The molecule has 0 spiro atoms. The lowest BCUT2D eigenvalue weighted by molar-refractivity contribution is 0.0997. The Hall–Kier alpha value is -3.29. The van der Waals surface area contributed by atoms with Crippen molar-refractivity contribution in [3.8, 4) is 5.75 Å². The van der Waals surface area contributed by atoms with E-state index >= 15 is 0 Å². The number of methoxy groups -OCH3 is 1. The van der Waals surface area contributed by atoms with Gasteiger partial charge in [-0.25, -0.2) is 0 Å². The molecule has 1 saturated carbocycles. The lowest BCUT2D eigenvalue weighted by Crippen LogP contribution is -2.39. The summed E-state index contributed by atoms with van der Waals surface area (Å²) >= 11 is 0. The number of hydrogen-bond donors (Lipinski definition) is 1. The predicted molar refractivity (Wildman–Crippen MR) is 116 cm³/mol. The second kappa shape index (κ2) is 7.85. The van der Waals surface area contributed by atoms with Crippen LogP contribution < -0.4 is 20.9 Å². The zero-order chi connectivity index (χ0) is 21.4. The SMILES string of the molecule is COc1cc2nn(C3CCC(N(C)c4cccn(C)c4=O)CC3)cc2cc1C(N)=O. The van der Waals surface area contributed by atoms with Gasteiger partial charge in [0.1, 0.15) is 11.4 Å². The molecule has 1 fully saturated rings. The second-order valence-electron chi connectivity index (χ2n) is 7.97. The van der Waals surface area contributed by atoms with Crippen molar-refractivity contribution >= 4 is 22.5 Å². The number of anilines is 1. The van der Waals surface area contributed by atoms with Crippen LogP contribution in [0.4, 0.5) is 5.69 Å². The molecule has 0 atom stereocenters. The van der Waals surface area contributed by atoms with Gasteiger partial charge in [0, 0.05) is 44.0 Å². The van der Waals surface area contributed by atoms with Crippen molar-refractivity contribution in [2.24, 2.45) is 12.8 Å². The van der Waals surface area contributed by atoms with Gasteiger partial charge >= 0.3 is 0 Å². The van der Waals surface area contributed by atoms with Gasteiger partial charge in [-0.3, -0.25) is 14.3 Å². The minimum absolute atomic E-state index is 0.0275. The molecule has 8 nitrogen and oxygen atoms in total. The minimum atomic E-state index is -0.517. The van der Waals surface area contributed by atoms with Crippen LogP contribution in [0.15, 0.2) is 41.5 Å². The van der Waals surface area contributed by atoms with Gasteiger partial charge in [0.15, 0.2) is 0 Å². The van der Waals surface area contributed by atoms with E-state index in [1.165, 1.54) is 7.11 Å². The molecule has 2 N–H and O–H groups in total. The fraction of sp³-hybridized carbons (Fsp3) is 0.409. The molecule has 0 radical (unpaired) electrons. The molecule has 1 aromatic carbocycles. The van der Waals surface area contributed by atoms with E-state index in [0.29, 0.717) is 17.4 Å². The third-order valence-corrected chi connectivity index (χ3v) is 6.18. The third-order valence-electron chi connectivity index (χ3n) is 6.18. The van der Waals surface area contributed by atoms with Crippen LogP contribution in [-0.4, -0.2) is 40.5 Å². The predicted octanol–water partition coefficient (Wildman–Crippen LogP) is 2.46. The van der Waals surface area contributed by atoms with E-state index in [1.807, 2.05) is 30.1 Å². The molecule has 1 amide bonds. The molecule has 4 rings (SSSR count). The number of benzene rings is 1. The number of carbonyl (C=O) groups is 1. The molecule has 0 bridgehead atoms. The van der Waals surface area contributed by atoms with E-state index in [4.69, 9.17) is 15.6 Å². The maximum atomic E-state index is 12.4. The van der Waals surface area contributed by atoms with E-state index < -0.39 is 5.91 Å². The summed E-state index contributed by atoms with van der Waals surface area (Å²) in [6, 6.07) is 7.90. The first-order valence-corrected chi connectivity index (χ1v) is 10.1. The molecule has 3 aromatic rings. The van der Waals surface area contributed by atoms with Gasteiger partial charge in [-0.1, -0.05) is 0 Å². The summed E-state index contributed by atoms with van der Waals surface area (Å²) in [6.07, 6.45) is 7.64. The van der Waals surface area contributed by atoms with Gasteiger partial charge in [-0.05, 0) is 43.9 Å². The lowest BCUT2D eigenvalue weighted by atomic mass is 9.90. The van der Waals surface area contributed by atoms with E-state index in [2.05, 4.69) is 4.90 Å². The van der Waals surface area contributed by atoms with Crippen molar-refractivity contribution in [2.75, 3.05) is 19.1 Å². The summed E-state index contributed by atoms with van der Waals surface area (Å²) in [5.41, 5.74) is 7.37. The second-order valence-corrected chi connectivity index (χ2v) is 7.97. The van der Waals surface area contributed by atoms with E-state index in [-0.39, 0.29) is 11.6 Å². The lowest BCUT2D eigenvalue weighted by Gasteiger charge is -2.35. The molecule has 8 heteroatoms. The van der Waals surface area contributed by atoms with Gasteiger partial charge in [-0.2, -0.15) is 5.10 Å². The molecule has 1 aliphatic carbocycles. The summed E-state index contributed by atoms with van der Waals surface area (Å²) < 4.78 is 8.89. The summed E-state index contributed by atoms with van der Waals surface area (Å²) in [4.78, 5) is 26.2. The van der Waals surface area contributed by atoms with E-state index in [0.717, 1.165) is 42.3 Å². The Morgan fingerprint density at radius 1 is 1.27 bits per heavy atom. The van der Waals surface area contributed by atoms with Crippen molar-refractivity contribution in [3.05, 3.63) is 52.6 Å². The van der Waals surface area contributed by atoms with Gasteiger partial charge < -0.3 is 19.9 Å². The number of fused-ring (bicyclic) bond motifs is 1. The standard InChI is InChI=1S/C22H27N5O3/c1-25-10-4-5-19(22(25)29)26(2)15-6-8-16(9-7-15)27-13-14-11-17(21(23)28)20(30-3)12-18(14)24-27/h4-5,10-13,15-16H,6-9H2,1-3H3,(H2,23,28). The average Bonchev–Trinajstić information content (AvgIpc) is 3.17. The van der Waals surface area contributed by atoms with Crippen molar-refractivity contribution in [1.82, 2.24) is 14.3 Å². The highest BCUT2D eigenvalue weighted by Gasteiger charge is 2.27. The number of nitrogens with zero attached hydrogens (tertiary/aromatic N) is 4. The van der Waals surface area contributed by atoms with Crippen LogP contribution in [-0.2, 0) is 7.05 Å². The van der Waals surface area contributed by atoms with Crippen LogP contribution in [0, 0.1) is 0 Å². The van der Waals surface area contributed by atoms with Crippen molar-refractivity contribution in [3.63, 3.8) is 0 Å². The van der Waals surface area contributed by atoms with Crippen molar-refractivity contribution < 1.29 is 9.53 Å². The van der Waals surface area contributed by atoms with Crippen LogP contribution in [0.1, 0.15) is 42.1 Å². The Kier molecular flexibility index (Phi) is 5.24. The maximum Gasteiger partial charge on any atom is 0.273 e. The first-order chi connectivity index (χ1) is 14.4. The van der Waals surface area contributed by atoms with Gasteiger partial charge in [0.2, 0.25) is 0 Å². The molecule has 0 aliphatic heterocycles. The third kappa shape index (κ3) is 3.53. The molecular formula is C22H27N5O3. The number of ether oxygens (including phenoxy) is 1. The van der Waals surface area contributed by atoms with Gasteiger partial charge in [0.05, 0.1) is 24.2 Å². The number of pyridine rings is 1. The van der Waals surface area contributed by atoms with Gasteiger partial charge in [0.25, 0.3) is 11.5 Å². The molecular weight excluding hydrogens is 382 g/mol. The number of carbonyl (C=O) groups excluding carboxylic acids is 1. The number of aryl methyl sites for hydroxylation is 1. The summed E-state index contributed by atoms with van der Waals surface area (Å²) in [7, 11) is 5.29. The Morgan fingerprint density at radius 2 is 2.00 bits per heavy atom. The summed E-state index contributed by atoms with van der Waals surface area (Å²) in [5, 5.41) is 5.59. The fourth-order valence-corrected chi connectivity index (χ4v) is 4.38. The Balaban J connectivity index is 1.51. The normalized spacial score (nSPS) is 19.0. The van der Waals surface area contributed by atoms with Crippen molar-refractivity contribution in [2.45, 2.75) is 37.8 Å². The van der Waals surface area contributed by atoms with Crippen LogP contribution in [0.3, 0.4) is 0 Å². The summed E-state index contributed by atoms with van der Waals surface area (Å²) in [5.74, 6) is -0.0767. The van der Waals surface area contributed by atoms with Crippen LogP contribution in [0.25, 0.3) is 10.9 Å². The minimum Gasteiger partial charge on any atom is -0.496 e. The monoisotopic (exact) mass is 409 g/mol. The number of rotatable bonds is 5. The van der Waals surface area contributed by atoms with E-state index in [9.17, 15) is 9.59 Å². The Bertz CT molecular complexity index is 1140. The Morgan fingerprint density at radius 3 is 2.67 bits per heavy atom. The molecule has 30 heavy (non-hydrogen) atoms. The summed E-state index contributed by atoms with van der Waals surface area (Å²) in [6.45, 7) is 0. The first kappa shape index (κ1) is 20.0. The quantitative estimate of drug-likeness (QED) is 0.698. The number of nitrogens with two attached hydrogens (primary N) is 1.